The van der Waals surface area contributed by atoms with Crippen molar-refractivity contribution in [2.24, 2.45) is 0 Å². The number of carbonyl (C=O) groups excluding carboxylic acids is 1. The largest absolute Gasteiger partial charge is 0.443 e. The quantitative estimate of drug-likeness (QED) is 0.429. The summed E-state index contributed by atoms with van der Waals surface area (Å²) in [5.41, 5.74) is 3.00. The number of aryl methyl sites for hydroxylation is 1. The average molecular weight is 562 g/mol. The van der Waals surface area contributed by atoms with Crippen molar-refractivity contribution in [1.29, 1.82) is 0 Å². The third-order valence-corrected chi connectivity index (χ3v) is 8.96. The molecule has 1 saturated heterocycles. The van der Waals surface area contributed by atoms with Gasteiger partial charge in [-0.25, -0.2) is 13.2 Å². The van der Waals surface area contributed by atoms with Crippen molar-refractivity contribution in [2.75, 3.05) is 18.5 Å². The number of rotatable bonds is 6. The van der Waals surface area contributed by atoms with Gasteiger partial charge in [-0.3, -0.25) is 4.84 Å². The van der Waals surface area contributed by atoms with Crippen LogP contribution in [0.2, 0.25) is 0 Å². The zero-order chi connectivity index (χ0) is 28.0. The molecular formula is C27H26F3N3O5S. The van der Waals surface area contributed by atoms with Crippen LogP contribution in [0.25, 0.3) is 0 Å². The number of hydrogen-bond acceptors (Lipinski definition) is 6. The Bertz CT molecular complexity index is 1480. The molecule has 0 spiro atoms. The van der Waals surface area contributed by atoms with Gasteiger partial charge >= 0.3 is 12.3 Å². The summed E-state index contributed by atoms with van der Waals surface area (Å²) in [5, 5.41) is 0. The molecule has 39 heavy (non-hydrogen) atoms. The molecule has 12 heteroatoms. The van der Waals surface area contributed by atoms with E-state index in [1.807, 2.05) is 30.0 Å². The molecule has 0 aromatic heterocycles. The molecule has 1 N–H and O–H groups in total. The van der Waals surface area contributed by atoms with Crippen molar-refractivity contribution < 1.29 is 36.0 Å². The van der Waals surface area contributed by atoms with Crippen molar-refractivity contribution in [3.05, 3.63) is 95.1 Å². The zero-order valence-corrected chi connectivity index (χ0v) is 21.9. The van der Waals surface area contributed by atoms with E-state index in [-0.39, 0.29) is 24.5 Å². The van der Waals surface area contributed by atoms with Gasteiger partial charge < -0.3 is 9.64 Å². The van der Waals surface area contributed by atoms with Crippen molar-refractivity contribution >= 4 is 21.8 Å². The summed E-state index contributed by atoms with van der Waals surface area (Å²) in [4.78, 5) is 20.5. The monoisotopic (exact) mass is 561 g/mol. The highest BCUT2D eigenvalue weighted by molar-refractivity contribution is 7.89. The summed E-state index contributed by atoms with van der Waals surface area (Å²) >= 11 is 0. The van der Waals surface area contributed by atoms with Gasteiger partial charge in [-0.1, -0.05) is 48.0 Å². The minimum absolute atomic E-state index is 0.141. The lowest BCUT2D eigenvalue weighted by Gasteiger charge is -2.35. The van der Waals surface area contributed by atoms with Crippen LogP contribution >= 0.6 is 0 Å². The molecule has 206 valence electrons. The van der Waals surface area contributed by atoms with Gasteiger partial charge in [-0.15, -0.1) is 0 Å². The Balaban J connectivity index is 1.34. The van der Waals surface area contributed by atoms with E-state index in [1.165, 1.54) is 16.4 Å². The number of carbonyl (C=O) groups is 1. The Morgan fingerprint density at radius 2 is 1.72 bits per heavy atom. The summed E-state index contributed by atoms with van der Waals surface area (Å²) < 4.78 is 72.2. The number of ether oxygens (including phenoxy) is 1. The van der Waals surface area contributed by atoms with Crippen LogP contribution < -0.4 is 10.4 Å². The molecule has 8 nitrogen and oxygen atoms in total. The maximum Gasteiger partial charge on any atom is 0.431 e. The number of amides is 1. The van der Waals surface area contributed by atoms with Gasteiger partial charge in [0.2, 0.25) is 10.0 Å². The number of nitrogens with zero attached hydrogens (tertiary/aromatic N) is 2. The van der Waals surface area contributed by atoms with Crippen molar-refractivity contribution in [1.82, 2.24) is 9.79 Å². The first kappa shape index (κ1) is 27.0. The lowest BCUT2D eigenvalue weighted by Crippen LogP contribution is -2.53. The maximum absolute atomic E-state index is 13.7. The Kier molecular flexibility index (Phi) is 6.81. The van der Waals surface area contributed by atoms with Crippen molar-refractivity contribution in [3.8, 4) is 0 Å². The van der Waals surface area contributed by atoms with Crippen LogP contribution in [0.1, 0.15) is 28.7 Å². The normalized spacial score (nSPS) is 20.9. The predicted molar refractivity (Wildman–Crippen MR) is 136 cm³/mol. The topological polar surface area (TPSA) is 88.2 Å². The second kappa shape index (κ2) is 9.85. The lowest BCUT2D eigenvalue weighted by molar-refractivity contribution is -0.137. The van der Waals surface area contributed by atoms with Crippen LogP contribution in [-0.4, -0.2) is 38.6 Å². The number of sulfonamides is 1. The number of halogens is 3. The molecule has 0 aliphatic carbocycles. The van der Waals surface area contributed by atoms with Gasteiger partial charge in [0.1, 0.15) is 12.8 Å². The van der Waals surface area contributed by atoms with Gasteiger partial charge in [0.05, 0.1) is 10.5 Å². The van der Waals surface area contributed by atoms with E-state index in [4.69, 9.17) is 9.57 Å². The summed E-state index contributed by atoms with van der Waals surface area (Å²) in [6.07, 6.45) is -5.97. The third kappa shape index (κ3) is 4.83. The van der Waals surface area contributed by atoms with Crippen LogP contribution in [0, 0.1) is 6.92 Å². The second-order valence-electron chi connectivity index (χ2n) is 9.54. The number of fused-ring (bicyclic) bond motifs is 3. The van der Waals surface area contributed by atoms with Gasteiger partial charge in [-0.05, 0) is 42.8 Å². The fourth-order valence-electron chi connectivity index (χ4n) is 5.17. The Morgan fingerprint density at radius 1 is 1.05 bits per heavy atom. The number of likely N-dealkylation sites (N-methyl/N-ethyl adjacent to an activating group) is 1. The fraction of sp³-hybridized carbons (Fsp3) is 0.296. The number of alkyl halides is 3. The van der Waals surface area contributed by atoms with Gasteiger partial charge in [0, 0.05) is 31.3 Å². The first-order valence-electron chi connectivity index (χ1n) is 12.1. The first-order chi connectivity index (χ1) is 18.4. The van der Waals surface area contributed by atoms with Crippen LogP contribution in [0.4, 0.5) is 23.7 Å². The molecule has 2 heterocycles. The van der Waals surface area contributed by atoms with Crippen LogP contribution in [0.3, 0.4) is 0 Å². The second-order valence-corrected chi connectivity index (χ2v) is 11.4. The number of para-hydroxylation sites is 1. The molecular weight excluding hydrogens is 535 g/mol. The van der Waals surface area contributed by atoms with E-state index >= 15 is 0 Å². The van der Waals surface area contributed by atoms with E-state index < -0.39 is 39.6 Å². The van der Waals surface area contributed by atoms with E-state index in [1.54, 1.807) is 37.4 Å². The molecule has 2 aliphatic heterocycles. The van der Waals surface area contributed by atoms with Crippen LogP contribution in [0.15, 0.2) is 77.7 Å². The van der Waals surface area contributed by atoms with E-state index in [0.29, 0.717) is 11.1 Å². The van der Waals surface area contributed by atoms with Gasteiger partial charge in [0.15, 0.2) is 5.60 Å². The number of benzene rings is 3. The highest BCUT2D eigenvalue weighted by atomic mass is 32.2. The maximum atomic E-state index is 13.7. The molecule has 1 amide bonds. The standard InChI is InChI=1S/C27H26F3N3O5S/c1-18-7-13-21(14-8-18)39(35,36)33-16-15-26(22-5-3-4-6-23(22)32(2)24(26)33)38-31-25(34)37-17-19-9-11-20(12-10-19)27(28,29)30/h3-14,24H,15-17H2,1-2H3,(H,31,34). The minimum Gasteiger partial charge on any atom is -0.443 e. The van der Waals surface area contributed by atoms with Crippen molar-refractivity contribution in [3.63, 3.8) is 0 Å². The molecule has 5 rings (SSSR count). The number of anilines is 1. The van der Waals surface area contributed by atoms with Gasteiger partial charge in [0.25, 0.3) is 0 Å². The van der Waals surface area contributed by atoms with Crippen LogP contribution in [-0.2, 0) is 38.0 Å². The summed E-state index contributed by atoms with van der Waals surface area (Å²) in [6, 6.07) is 18.1. The van der Waals surface area contributed by atoms with E-state index in [0.717, 1.165) is 23.4 Å². The Labute approximate surface area is 223 Å². The SMILES string of the molecule is Cc1ccc(S(=O)(=O)N2CCC3(ONC(=O)OCc4ccc(C(F)(F)F)cc4)c4ccccc4N(C)C23)cc1. The zero-order valence-electron chi connectivity index (χ0n) is 21.1. The molecule has 2 aliphatic rings. The summed E-state index contributed by atoms with van der Waals surface area (Å²) in [7, 11) is -2.15. The van der Waals surface area contributed by atoms with E-state index in [2.05, 4.69) is 5.48 Å². The Hall–Kier alpha value is -3.61. The summed E-state index contributed by atoms with van der Waals surface area (Å²) in [5.74, 6) is 0. The molecule has 0 bridgehead atoms. The molecule has 3 aromatic rings. The smallest absolute Gasteiger partial charge is 0.431 e. The molecule has 1 fully saturated rings. The summed E-state index contributed by atoms with van der Waals surface area (Å²) in [6.45, 7) is 1.73. The highest BCUT2D eigenvalue weighted by Gasteiger charge is 2.61. The van der Waals surface area contributed by atoms with Crippen LogP contribution in [0.5, 0.6) is 0 Å². The van der Waals surface area contributed by atoms with Gasteiger partial charge in [-0.2, -0.15) is 23.0 Å². The third-order valence-electron chi connectivity index (χ3n) is 7.10. The average Bonchev–Trinajstić information content (AvgIpc) is 3.41. The van der Waals surface area contributed by atoms with E-state index in [9.17, 15) is 26.4 Å². The molecule has 0 radical (unpaired) electrons. The number of nitrogens with one attached hydrogen (secondary N) is 1. The fourth-order valence-corrected chi connectivity index (χ4v) is 6.82. The predicted octanol–water partition coefficient (Wildman–Crippen LogP) is 4.94. The molecule has 2 atom stereocenters. The lowest BCUT2D eigenvalue weighted by atomic mass is 9.93. The highest BCUT2D eigenvalue weighted by Crippen LogP contribution is 2.53. The molecule has 3 aromatic carbocycles. The first-order valence-corrected chi connectivity index (χ1v) is 13.6. The Morgan fingerprint density at radius 3 is 2.38 bits per heavy atom. The molecule has 2 unspecified atom stereocenters. The number of hydrogen-bond donors (Lipinski definition) is 1. The minimum atomic E-state index is -4.46. The molecule has 0 saturated carbocycles. The van der Waals surface area contributed by atoms with Crippen molar-refractivity contribution in [2.45, 2.75) is 42.8 Å². The number of hydroxylamine groups is 1.